The molecule has 3 N–H and O–H groups in total. The summed E-state index contributed by atoms with van der Waals surface area (Å²) in [6.07, 6.45) is 8.30. The largest absolute Gasteiger partial charge is 0.453 e. The number of halogens is 1. The Hall–Kier alpha value is -4.55. The molecule has 1 aliphatic carbocycles. The smallest absolute Gasteiger partial charge is 0.407 e. The van der Waals surface area contributed by atoms with Crippen LogP contribution in [0.25, 0.3) is 11.0 Å². The van der Waals surface area contributed by atoms with E-state index in [2.05, 4.69) is 30.3 Å². The molecule has 3 aromatic heterocycles. The summed E-state index contributed by atoms with van der Waals surface area (Å²) in [7, 11) is 4.40. The molecule has 1 aliphatic rings. The molecule has 0 saturated heterocycles. The lowest BCUT2D eigenvalue weighted by molar-refractivity contribution is -0.123. The lowest BCUT2D eigenvalue weighted by Gasteiger charge is -2.17. The first kappa shape index (κ1) is 28.5. The van der Waals surface area contributed by atoms with Crippen molar-refractivity contribution in [2.24, 2.45) is 5.92 Å². The second kappa shape index (κ2) is 12.5. The number of nitrogens with one attached hydrogen (secondary N) is 3. The zero-order valence-electron chi connectivity index (χ0n) is 22.6. The second-order valence-corrected chi connectivity index (χ2v) is 9.85. The predicted molar refractivity (Wildman–Crippen MR) is 145 cm³/mol. The number of H-pyrrole nitrogens is 1. The summed E-state index contributed by atoms with van der Waals surface area (Å²) in [4.78, 5) is 62.8. The number of rotatable bonds is 11. The van der Waals surface area contributed by atoms with E-state index in [0.717, 1.165) is 25.0 Å². The summed E-state index contributed by atoms with van der Waals surface area (Å²) in [5.41, 5.74) is 0.923. The number of hydrogen-bond donors (Lipinski definition) is 3. The molecular weight excluding hydrogens is 521 g/mol. The van der Waals surface area contributed by atoms with Crippen LogP contribution in [0.4, 0.5) is 14.9 Å². The highest BCUT2D eigenvalue weighted by molar-refractivity contribution is 5.96. The van der Waals surface area contributed by atoms with Crippen LogP contribution in [0.5, 0.6) is 0 Å². The molecule has 40 heavy (non-hydrogen) atoms. The van der Waals surface area contributed by atoms with Gasteiger partial charge in [-0.25, -0.2) is 14.2 Å². The quantitative estimate of drug-likeness (QED) is 0.308. The van der Waals surface area contributed by atoms with Crippen molar-refractivity contribution in [1.82, 2.24) is 29.7 Å². The van der Waals surface area contributed by atoms with Crippen LogP contribution in [0, 0.1) is 11.7 Å². The van der Waals surface area contributed by atoms with E-state index in [0.29, 0.717) is 23.7 Å². The van der Waals surface area contributed by atoms with Crippen LogP contribution < -0.4 is 16.2 Å². The predicted octanol–water partition coefficient (Wildman–Crippen LogP) is 2.35. The second-order valence-electron chi connectivity index (χ2n) is 9.85. The Balaban J connectivity index is 1.48. The zero-order chi connectivity index (χ0) is 28.8. The van der Waals surface area contributed by atoms with E-state index in [1.165, 1.54) is 41.1 Å². The Labute approximate surface area is 229 Å². The number of likely N-dealkylation sites (N-methyl/N-ethyl adjacent to an activating group) is 1. The first-order valence-electron chi connectivity index (χ1n) is 12.9. The van der Waals surface area contributed by atoms with Gasteiger partial charge in [-0.1, -0.05) is 6.08 Å². The Kier molecular flexibility index (Phi) is 8.92. The number of hydrogen-bond acceptors (Lipinski definition) is 7. The minimum Gasteiger partial charge on any atom is -0.453 e. The number of nitrogens with zero attached hydrogens (tertiary/aromatic N) is 4. The average Bonchev–Trinajstić information content (AvgIpc) is 3.64. The molecule has 0 bridgehead atoms. The van der Waals surface area contributed by atoms with Crippen LogP contribution in [-0.4, -0.2) is 69.6 Å². The maximum atomic E-state index is 14.4. The summed E-state index contributed by atoms with van der Waals surface area (Å²) in [6, 6.07) is 1.99. The lowest BCUT2D eigenvalue weighted by Crippen LogP contribution is -2.44. The number of carbonyl (C=O) groups excluding carboxylic acids is 3. The minimum atomic E-state index is -1.03. The molecule has 0 aliphatic heterocycles. The third-order valence-electron chi connectivity index (χ3n) is 6.50. The number of aromatic nitrogens is 4. The van der Waals surface area contributed by atoms with Crippen LogP contribution >= 0.6 is 0 Å². The van der Waals surface area contributed by atoms with Crippen molar-refractivity contribution in [2.45, 2.75) is 44.7 Å². The molecule has 0 aromatic carbocycles. The average molecular weight is 554 g/mol. The molecule has 1 unspecified atom stereocenters. The molecule has 3 heterocycles. The van der Waals surface area contributed by atoms with Crippen molar-refractivity contribution < 1.29 is 23.5 Å². The number of ether oxygens (including phenoxy) is 1. The molecule has 4 rings (SSSR count). The van der Waals surface area contributed by atoms with Crippen molar-refractivity contribution in [3.8, 4) is 0 Å². The SMILES string of the molecule is COC(=O)NC(CC/C=C/C(=O)N(C)C)C(=O)Nc1cccn(Cc2nc3c(F)cnc(CC4CC4)c3[nH]2)c1=O. The number of methoxy groups -OCH3 is 1. The molecule has 3 aromatic rings. The maximum Gasteiger partial charge on any atom is 0.407 e. The number of anilines is 1. The van der Waals surface area contributed by atoms with E-state index >= 15 is 0 Å². The minimum absolute atomic E-state index is 0.00801. The van der Waals surface area contributed by atoms with Gasteiger partial charge in [0.2, 0.25) is 11.8 Å². The highest BCUT2D eigenvalue weighted by Gasteiger charge is 2.25. The fourth-order valence-corrected chi connectivity index (χ4v) is 4.09. The van der Waals surface area contributed by atoms with Gasteiger partial charge in [-0.3, -0.25) is 19.4 Å². The summed E-state index contributed by atoms with van der Waals surface area (Å²) < 4.78 is 20.4. The Bertz CT molecular complexity index is 1490. The highest BCUT2D eigenvalue weighted by atomic mass is 19.1. The molecule has 0 radical (unpaired) electrons. The summed E-state index contributed by atoms with van der Waals surface area (Å²) in [6.45, 7) is 0.00801. The van der Waals surface area contributed by atoms with Gasteiger partial charge in [0.05, 0.1) is 31.1 Å². The third-order valence-corrected chi connectivity index (χ3v) is 6.50. The summed E-state index contributed by atoms with van der Waals surface area (Å²) >= 11 is 0. The maximum absolute atomic E-state index is 14.4. The van der Waals surface area contributed by atoms with E-state index in [4.69, 9.17) is 0 Å². The third kappa shape index (κ3) is 7.10. The summed E-state index contributed by atoms with van der Waals surface area (Å²) in [5, 5.41) is 5.01. The van der Waals surface area contributed by atoms with Crippen molar-refractivity contribution in [1.29, 1.82) is 0 Å². The van der Waals surface area contributed by atoms with Crippen molar-refractivity contribution in [3.63, 3.8) is 0 Å². The number of allylic oxidation sites excluding steroid dienone is 1. The van der Waals surface area contributed by atoms with E-state index in [1.54, 1.807) is 26.2 Å². The van der Waals surface area contributed by atoms with Gasteiger partial charge in [0.1, 0.15) is 23.1 Å². The number of pyridine rings is 2. The normalized spacial score (nSPS) is 13.8. The Morgan fingerprint density at radius 3 is 2.80 bits per heavy atom. The number of carbonyl (C=O) groups is 3. The first-order valence-corrected chi connectivity index (χ1v) is 12.9. The molecule has 1 fully saturated rings. The van der Waals surface area contributed by atoms with Crippen LogP contribution in [0.15, 0.2) is 41.5 Å². The molecule has 3 amide bonds. The fraction of sp³-hybridized carbons (Fsp3) is 0.407. The number of fused-ring (bicyclic) bond motifs is 1. The molecular formula is C27H32FN7O5. The number of imidazole rings is 1. The van der Waals surface area contributed by atoms with Gasteiger partial charge < -0.3 is 29.8 Å². The van der Waals surface area contributed by atoms with Crippen molar-refractivity contribution in [2.75, 3.05) is 26.5 Å². The van der Waals surface area contributed by atoms with Crippen molar-refractivity contribution >= 4 is 34.6 Å². The van der Waals surface area contributed by atoms with E-state index in [1.807, 2.05) is 0 Å². The Morgan fingerprint density at radius 1 is 1.32 bits per heavy atom. The van der Waals surface area contributed by atoms with E-state index < -0.39 is 29.4 Å². The molecule has 12 nitrogen and oxygen atoms in total. The van der Waals surface area contributed by atoms with Gasteiger partial charge in [0, 0.05) is 20.3 Å². The topological polar surface area (TPSA) is 151 Å². The van der Waals surface area contributed by atoms with Gasteiger partial charge in [-0.05, 0) is 56.2 Å². The molecule has 0 spiro atoms. The van der Waals surface area contributed by atoms with Crippen LogP contribution in [0.2, 0.25) is 0 Å². The molecule has 212 valence electrons. The lowest BCUT2D eigenvalue weighted by atomic mass is 10.1. The van der Waals surface area contributed by atoms with Crippen LogP contribution in [0.3, 0.4) is 0 Å². The monoisotopic (exact) mass is 553 g/mol. The fourth-order valence-electron chi connectivity index (χ4n) is 4.09. The highest BCUT2D eigenvalue weighted by Crippen LogP contribution is 2.33. The standard InChI is InChI=1S/C27H32FN7O5/c1-34(2)22(36)9-5-4-7-18(31-27(39)40-3)25(37)30-19-8-6-12-35(26(19)38)15-21-32-23-17(28)14-29-20(24(23)33-21)13-16-10-11-16/h5-6,8-9,12,14,16,18H,4,7,10-11,13,15H2,1-3H3,(H,30,37)(H,31,39)(H,32,33)/b9-5+. The van der Waals surface area contributed by atoms with Crippen molar-refractivity contribution in [3.05, 3.63) is 64.4 Å². The molecule has 13 heteroatoms. The zero-order valence-corrected chi connectivity index (χ0v) is 22.6. The van der Waals surface area contributed by atoms with E-state index in [9.17, 15) is 23.6 Å². The number of aromatic amines is 1. The first-order chi connectivity index (χ1) is 19.2. The Morgan fingerprint density at radius 2 is 2.10 bits per heavy atom. The summed E-state index contributed by atoms with van der Waals surface area (Å²) in [5.74, 6) is -0.474. The molecule has 1 atom stereocenters. The van der Waals surface area contributed by atoms with Gasteiger partial charge in [-0.2, -0.15) is 0 Å². The van der Waals surface area contributed by atoms with Gasteiger partial charge in [0.15, 0.2) is 5.82 Å². The number of alkyl carbamates (subject to hydrolysis) is 1. The van der Waals surface area contributed by atoms with Gasteiger partial charge >= 0.3 is 6.09 Å². The van der Waals surface area contributed by atoms with Crippen LogP contribution in [-0.2, 0) is 27.3 Å². The number of amides is 3. The van der Waals surface area contributed by atoms with Crippen LogP contribution in [0.1, 0.15) is 37.2 Å². The van der Waals surface area contributed by atoms with Gasteiger partial charge in [0.25, 0.3) is 5.56 Å². The van der Waals surface area contributed by atoms with Gasteiger partial charge in [-0.15, -0.1) is 0 Å². The molecule has 1 saturated carbocycles. The van der Waals surface area contributed by atoms with E-state index in [-0.39, 0.29) is 30.1 Å².